The summed E-state index contributed by atoms with van der Waals surface area (Å²) >= 11 is 0. The van der Waals surface area contributed by atoms with E-state index in [2.05, 4.69) is 9.88 Å². The Bertz CT molecular complexity index is 1360. The van der Waals surface area contributed by atoms with Crippen LogP contribution in [-0.4, -0.2) is 75.5 Å². The number of anilines is 1. The fourth-order valence-electron chi connectivity index (χ4n) is 5.30. The van der Waals surface area contributed by atoms with Crippen molar-refractivity contribution in [2.24, 2.45) is 7.05 Å². The van der Waals surface area contributed by atoms with Gasteiger partial charge in [0.05, 0.1) is 5.69 Å². The molecule has 3 aromatic rings. The number of piperazine rings is 1. The van der Waals surface area contributed by atoms with E-state index in [4.69, 9.17) is 4.74 Å². The molecule has 5 heterocycles. The van der Waals surface area contributed by atoms with Crippen molar-refractivity contribution in [1.82, 2.24) is 19.4 Å². The van der Waals surface area contributed by atoms with Gasteiger partial charge in [-0.25, -0.2) is 9.78 Å². The van der Waals surface area contributed by atoms with Gasteiger partial charge in [0.15, 0.2) is 5.76 Å². The van der Waals surface area contributed by atoms with E-state index in [1.54, 1.807) is 24.4 Å². The third-order valence-corrected chi connectivity index (χ3v) is 7.09. The minimum absolute atomic E-state index is 0.0856. The number of ether oxygens (including phenoxy) is 1. The van der Waals surface area contributed by atoms with Gasteiger partial charge in [-0.15, -0.1) is 0 Å². The predicted molar refractivity (Wildman–Crippen MR) is 132 cm³/mol. The number of Topliss-reactive ketones (excluding diaryl/α,β-unsaturated/α-hetero) is 1. The number of aromatic nitrogens is 2. The molecule has 0 atom stereocenters. The van der Waals surface area contributed by atoms with Crippen LogP contribution >= 0.6 is 0 Å². The number of aromatic hydroxyl groups is 1. The van der Waals surface area contributed by atoms with Gasteiger partial charge in [0, 0.05) is 69.7 Å². The summed E-state index contributed by atoms with van der Waals surface area (Å²) < 4.78 is 7.73. The molecule has 9 heteroatoms. The lowest BCUT2D eigenvalue weighted by Crippen LogP contribution is -2.52. The maximum absolute atomic E-state index is 12.9. The van der Waals surface area contributed by atoms with Crippen molar-refractivity contribution < 1.29 is 19.4 Å². The molecule has 0 radical (unpaired) electrons. The third-order valence-electron chi connectivity index (χ3n) is 7.09. The molecular weight excluding hydrogens is 446 g/mol. The molecule has 0 aliphatic carbocycles. The van der Waals surface area contributed by atoms with Crippen molar-refractivity contribution in [3.63, 3.8) is 0 Å². The molecule has 3 aliphatic rings. The molecule has 6 rings (SSSR count). The highest BCUT2D eigenvalue weighted by molar-refractivity contribution is 6.17. The molecule has 9 nitrogen and oxygen atoms in total. The average molecular weight is 474 g/mol. The second-order valence-electron chi connectivity index (χ2n) is 9.26. The van der Waals surface area contributed by atoms with Gasteiger partial charge in [-0.1, -0.05) is 6.07 Å². The van der Waals surface area contributed by atoms with E-state index in [9.17, 15) is 14.7 Å². The van der Waals surface area contributed by atoms with Crippen LogP contribution in [-0.2, 0) is 7.05 Å². The van der Waals surface area contributed by atoms with Crippen LogP contribution in [0.25, 0.3) is 17.1 Å². The molecular formula is C26H27N5O4. The molecule has 0 bridgehead atoms. The number of urea groups is 1. The van der Waals surface area contributed by atoms with Crippen molar-refractivity contribution >= 4 is 34.6 Å². The van der Waals surface area contributed by atoms with E-state index in [1.807, 2.05) is 33.7 Å². The van der Waals surface area contributed by atoms with Crippen molar-refractivity contribution in [1.29, 1.82) is 0 Å². The first-order valence-corrected chi connectivity index (χ1v) is 12.0. The normalized spacial score (nSPS) is 19.1. The van der Waals surface area contributed by atoms with E-state index < -0.39 is 0 Å². The van der Waals surface area contributed by atoms with Crippen LogP contribution in [0, 0.1) is 0 Å². The Labute approximate surface area is 202 Å². The molecule has 2 amide bonds. The van der Waals surface area contributed by atoms with E-state index >= 15 is 0 Å². The van der Waals surface area contributed by atoms with Gasteiger partial charge in [0.1, 0.15) is 22.7 Å². The van der Waals surface area contributed by atoms with Crippen LogP contribution in [0.3, 0.4) is 0 Å². The summed E-state index contributed by atoms with van der Waals surface area (Å²) in [6.07, 6.45) is 7.62. The van der Waals surface area contributed by atoms with Gasteiger partial charge in [-0.2, -0.15) is 0 Å². The average Bonchev–Trinajstić information content (AvgIpc) is 3.59. The van der Waals surface area contributed by atoms with E-state index in [0.717, 1.165) is 61.3 Å². The van der Waals surface area contributed by atoms with Gasteiger partial charge >= 0.3 is 6.03 Å². The highest BCUT2D eigenvalue weighted by Crippen LogP contribution is 2.39. The Hall–Kier alpha value is -4.01. The number of benzene rings is 1. The second-order valence-corrected chi connectivity index (χ2v) is 9.26. The third kappa shape index (κ3) is 3.58. The first kappa shape index (κ1) is 21.5. The zero-order valence-corrected chi connectivity index (χ0v) is 19.6. The summed E-state index contributed by atoms with van der Waals surface area (Å²) in [6.45, 7) is 4.48. The van der Waals surface area contributed by atoms with Gasteiger partial charge in [0.2, 0.25) is 5.78 Å². The van der Waals surface area contributed by atoms with Crippen molar-refractivity contribution in [3.8, 4) is 11.5 Å². The summed E-state index contributed by atoms with van der Waals surface area (Å²) in [5, 5.41) is 11.1. The number of fused-ring (bicyclic) bond motifs is 2. The number of phenols is 1. The number of carbonyl (C=O) groups excluding carboxylic acids is 2. The Morgan fingerprint density at radius 3 is 2.54 bits per heavy atom. The largest absolute Gasteiger partial charge is 0.507 e. The zero-order chi connectivity index (χ0) is 24.1. The van der Waals surface area contributed by atoms with Gasteiger partial charge in [0.25, 0.3) is 0 Å². The quantitative estimate of drug-likeness (QED) is 0.575. The molecule has 1 aromatic carbocycles. The van der Waals surface area contributed by atoms with Gasteiger partial charge < -0.3 is 29.1 Å². The molecule has 2 aromatic heterocycles. The molecule has 180 valence electrons. The Morgan fingerprint density at radius 2 is 1.80 bits per heavy atom. The Balaban J connectivity index is 1.30. The highest BCUT2D eigenvalue weighted by atomic mass is 16.5. The molecule has 1 N–H and O–H groups in total. The number of rotatable bonds is 2. The van der Waals surface area contributed by atoms with Crippen molar-refractivity contribution in [3.05, 3.63) is 53.5 Å². The lowest BCUT2D eigenvalue weighted by atomic mass is 10.1. The van der Waals surface area contributed by atoms with Crippen LogP contribution in [0.4, 0.5) is 10.5 Å². The molecule has 2 fully saturated rings. The lowest BCUT2D eigenvalue weighted by Gasteiger charge is -2.38. The van der Waals surface area contributed by atoms with Crippen LogP contribution in [0.15, 0.2) is 42.4 Å². The van der Waals surface area contributed by atoms with E-state index in [0.29, 0.717) is 18.8 Å². The number of aryl methyl sites for hydroxylation is 1. The van der Waals surface area contributed by atoms with Crippen molar-refractivity contribution in [2.45, 2.75) is 12.8 Å². The summed E-state index contributed by atoms with van der Waals surface area (Å²) in [6, 6.07) is 6.94. The molecule has 3 aliphatic heterocycles. The number of nitrogens with zero attached hydrogens (tertiary/aromatic N) is 5. The molecule has 2 saturated heterocycles. The smallest absolute Gasteiger partial charge is 0.320 e. The number of hydrogen-bond donors (Lipinski definition) is 1. The SMILES string of the molecule is Cn1cc(C=C2Oc3cccc(O)c3C2=O)c2c(N3CCN(C(=O)N4CCCC4)CC3)ccnc21. The number of hydrogen-bond acceptors (Lipinski definition) is 6. The van der Waals surface area contributed by atoms with Crippen molar-refractivity contribution in [2.75, 3.05) is 44.2 Å². The standard InChI is InChI=1S/C26H27N5O4/c1-28-16-17(15-21-24(33)23-19(32)5-4-6-20(23)35-21)22-18(7-8-27-25(22)28)29-11-13-31(14-12-29)26(34)30-9-2-3-10-30/h4-8,15-16,32H,2-3,9-14H2,1H3. The monoisotopic (exact) mass is 473 g/mol. The fraction of sp³-hybridized carbons (Fsp3) is 0.346. The summed E-state index contributed by atoms with van der Waals surface area (Å²) in [4.78, 5) is 36.5. The van der Waals surface area contributed by atoms with E-state index in [-0.39, 0.29) is 28.9 Å². The Morgan fingerprint density at radius 1 is 1.06 bits per heavy atom. The summed E-state index contributed by atoms with van der Waals surface area (Å²) in [5.41, 5.74) is 2.82. The van der Waals surface area contributed by atoms with Gasteiger partial charge in [-0.3, -0.25) is 4.79 Å². The fourth-order valence-corrected chi connectivity index (χ4v) is 5.30. The lowest BCUT2D eigenvalue weighted by molar-refractivity contribution is 0.101. The topological polar surface area (TPSA) is 91.1 Å². The maximum atomic E-state index is 12.9. The number of ketones is 1. The van der Waals surface area contributed by atoms with Crippen LogP contribution < -0.4 is 9.64 Å². The number of likely N-dealkylation sites (tertiary alicyclic amines) is 1. The molecule has 0 spiro atoms. The first-order valence-electron chi connectivity index (χ1n) is 12.0. The molecule has 35 heavy (non-hydrogen) atoms. The number of phenolic OH excluding ortho intramolecular Hbond substituents is 1. The minimum Gasteiger partial charge on any atom is -0.507 e. The van der Waals surface area contributed by atoms with Crippen LogP contribution in [0.1, 0.15) is 28.8 Å². The number of pyridine rings is 1. The van der Waals surface area contributed by atoms with E-state index in [1.165, 1.54) is 6.07 Å². The minimum atomic E-state index is -0.338. The second kappa shape index (κ2) is 8.33. The number of amides is 2. The van der Waals surface area contributed by atoms with Crippen LogP contribution in [0.2, 0.25) is 0 Å². The number of carbonyl (C=O) groups is 2. The predicted octanol–water partition coefficient (Wildman–Crippen LogP) is 3.23. The van der Waals surface area contributed by atoms with Gasteiger partial charge in [-0.05, 0) is 37.1 Å². The summed E-state index contributed by atoms with van der Waals surface area (Å²) in [7, 11) is 1.92. The zero-order valence-electron chi connectivity index (χ0n) is 19.6. The maximum Gasteiger partial charge on any atom is 0.320 e. The molecule has 0 saturated carbocycles. The molecule has 0 unspecified atom stereocenters. The van der Waals surface area contributed by atoms with Crippen LogP contribution in [0.5, 0.6) is 11.5 Å². The number of allylic oxidation sites excluding steroid dienone is 1. The highest BCUT2D eigenvalue weighted by Gasteiger charge is 2.31. The summed E-state index contributed by atoms with van der Waals surface area (Å²) in [5.74, 6) is 0.107. The Kier molecular flexibility index (Phi) is 5.12. The first-order chi connectivity index (χ1) is 17.0.